The molecular weight excluding hydrogens is 354 g/mol. The quantitative estimate of drug-likeness (QED) is 0.760. The monoisotopic (exact) mass is 363 g/mol. The maximum absolute atomic E-state index is 9.62. The van der Waals surface area contributed by atoms with Crippen molar-refractivity contribution in [1.29, 1.82) is 15.8 Å². The molecule has 120 valence electrons. The van der Waals surface area contributed by atoms with Gasteiger partial charge in [-0.1, -0.05) is 35.7 Å². The summed E-state index contributed by atoms with van der Waals surface area (Å²) in [6.07, 6.45) is 0. The van der Waals surface area contributed by atoms with Crippen LogP contribution in [0.2, 0.25) is 0 Å². The van der Waals surface area contributed by atoms with Gasteiger partial charge in [0, 0.05) is 0 Å². The standard InChI is InChI=1S/C17H9N5OS2/c1-2-23-11-5-3-4-10(6-11)12(7-18)17-24-15-16(25-17)22-14(9-20)13(8-19)21-15/h3-6H,2H2,1H3. The highest BCUT2D eigenvalue weighted by Crippen LogP contribution is 2.52. The zero-order valence-corrected chi connectivity index (χ0v) is 14.6. The number of hydrogen-bond donors (Lipinski definition) is 0. The van der Waals surface area contributed by atoms with Gasteiger partial charge in [-0.3, -0.25) is 0 Å². The molecule has 1 aromatic carbocycles. The molecule has 1 aliphatic heterocycles. The predicted octanol–water partition coefficient (Wildman–Crippen LogP) is 3.71. The van der Waals surface area contributed by atoms with Crippen molar-refractivity contribution in [1.82, 2.24) is 9.97 Å². The van der Waals surface area contributed by atoms with Crippen LogP contribution in [0.4, 0.5) is 0 Å². The Kier molecular flexibility index (Phi) is 4.90. The number of fused-ring (bicyclic) bond motifs is 1. The first-order chi connectivity index (χ1) is 12.2. The van der Waals surface area contributed by atoms with Gasteiger partial charge in [0.05, 0.1) is 16.4 Å². The maximum Gasteiger partial charge on any atom is 0.178 e. The summed E-state index contributed by atoms with van der Waals surface area (Å²) >= 11 is 2.55. The van der Waals surface area contributed by atoms with E-state index in [9.17, 15) is 5.26 Å². The molecule has 0 fully saturated rings. The van der Waals surface area contributed by atoms with Crippen LogP contribution in [0.1, 0.15) is 23.9 Å². The second-order valence-corrected chi connectivity index (χ2v) is 6.95. The van der Waals surface area contributed by atoms with Crippen molar-refractivity contribution < 1.29 is 4.74 Å². The van der Waals surface area contributed by atoms with Gasteiger partial charge in [-0.25, -0.2) is 9.97 Å². The Morgan fingerprint density at radius 1 is 1.08 bits per heavy atom. The molecule has 0 atom stereocenters. The van der Waals surface area contributed by atoms with Crippen molar-refractivity contribution in [3.63, 3.8) is 0 Å². The third-order valence-corrected chi connectivity index (χ3v) is 5.54. The van der Waals surface area contributed by atoms with Crippen LogP contribution < -0.4 is 4.74 Å². The molecule has 0 bridgehead atoms. The van der Waals surface area contributed by atoms with Crippen molar-refractivity contribution in [2.75, 3.05) is 6.61 Å². The molecule has 0 N–H and O–H groups in total. The normalized spacial score (nSPS) is 11.8. The van der Waals surface area contributed by atoms with E-state index in [0.29, 0.717) is 32.2 Å². The highest BCUT2D eigenvalue weighted by molar-refractivity contribution is 8.24. The summed E-state index contributed by atoms with van der Waals surface area (Å²) in [6, 6.07) is 13.3. The molecule has 8 heteroatoms. The number of thioether (sulfide) groups is 2. The lowest BCUT2D eigenvalue weighted by Gasteiger charge is -2.06. The lowest BCUT2D eigenvalue weighted by Crippen LogP contribution is -1.96. The van der Waals surface area contributed by atoms with Crippen molar-refractivity contribution >= 4 is 29.1 Å². The molecule has 2 heterocycles. The van der Waals surface area contributed by atoms with Crippen LogP contribution in [0.3, 0.4) is 0 Å². The van der Waals surface area contributed by atoms with E-state index >= 15 is 0 Å². The van der Waals surface area contributed by atoms with E-state index in [-0.39, 0.29) is 11.4 Å². The van der Waals surface area contributed by atoms with Gasteiger partial charge in [0.2, 0.25) is 0 Å². The number of rotatable bonds is 3. The number of benzene rings is 1. The minimum atomic E-state index is -0.00699. The van der Waals surface area contributed by atoms with Gasteiger partial charge >= 0.3 is 0 Å². The molecule has 2 aromatic rings. The Labute approximate surface area is 152 Å². The van der Waals surface area contributed by atoms with E-state index in [1.54, 1.807) is 6.07 Å². The molecule has 0 spiro atoms. The first-order valence-corrected chi connectivity index (χ1v) is 8.79. The second-order valence-electron chi connectivity index (χ2n) is 4.69. The topological polar surface area (TPSA) is 106 Å². The fraction of sp³-hybridized carbons (Fsp3) is 0.118. The van der Waals surface area contributed by atoms with Crippen LogP contribution in [0, 0.1) is 34.0 Å². The largest absolute Gasteiger partial charge is 0.494 e. The van der Waals surface area contributed by atoms with Gasteiger partial charge in [0.25, 0.3) is 0 Å². The van der Waals surface area contributed by atoms with Crippen molar-refractivity contribution in [2.45, 2.75) is 17.0 Å². The Balaban J connectivity index is 2.03. The van der Waals surface area contributed by atoms with Crippen LogP contribution in [-0.4, -0.2) is 16.6 Å². The number of allylic oxidation sites excluding steroid dienone is 1. The number of ether oxygens (including phenoxy) is 1. The molecule has 25 heavy (non-hydrogen) atoms. The summed E-state index contributed by atoms with van der Waals surface area (Å²) in [7, 11) is 0. The van der Waals surface area contributed by atoms with E-state index in [1.807, 2.05) is 37.3 Å². The Morgan fingerprint density at radius 3 is 2.24 bits per heavy atom. The Hall–Kier alpha value is -2.99. The Bertz CT molecular complexity index is 966. The average Bonchev–Trinajstić information content (AvgIpc) is 3.04. The summed E-state index contributed by atoms with van der Waals surface area (Å²) in [5.41, 5.74) is 1.20. The predicted molar refractivity (Wildman–Crippen MR) is 93.3 cm³/mol. The van der Waals surface area contributed by atoms with Crippen molar-refractivity contribution in [3.8, 4) is 24.0 Å². The summed E-state index contributed by atoms with van der Waals surface area (Å²) in [5.74, 6) is 0.689. The van der Waals surface area contributed by atoms with E-state index in [1.165, 1.54) is 23.5 Å². The molecule has 0 saturated carbocycles. The molecule has 0 saturated heterocycles. The minimum absolute atomic E-state index is 0.00699. The molecule has 1 aliphatic rings. The number of nitrogens with zero attached hydrogens (tertiary/aromatic N) is 5. The highest BCUT2D eigenvalue weighted by atomic mass is 32.2. The fourth-order valence-corrected chi connectivity index (χ4v) is 4.44. The number of aromatic nitrogens is 2. The average molecular weight is 363 g/mol. The maximum atomic E-state index is 9.62. The lowest BCUT2D eigenvalue weighted by atomic mass is 10.1. The smallest absolute Gasteiger partial charge is 0.178 e. The molecule has 3 rings (SSSR count). The molecule has 0 amide bonds. The summed E-state index contributed by atoms with van der Waals surface area (Å²) in [5, 5.41) is 28.8. The third-order valence-electron chi connectivity index (χ3n) is 3.17. The second kappa shape index (κ2) is 7.27. The zero-order chi connectivity index (χ0) is 17.8. The SMILES string of the molecule is CCOc1cccc(C(C#N)=C2Sc3nc(C#N)c(C#N)nc3S2)c1. The number of hydrogen-bond acceptors (Lipinski definition) is 8. The van der Waals surface area contributed by atoms with Gasteiger partial charge in [0.1, 0.15) is 34.0 Å². The Morgan fingerprint density at radius 2 is 1.72 bits per heavy atom. The van der Waals surface area contributed by atoms with E-state index in [0.717, 1.165) is 5.56 Å². The third kappa shape index (κ3) is 3.29. The molecule has 1 aromatic heterocycles. The van der Waals surface area contributed by atoms with E-state index < -0.39 is 0 Å². The van der Waals surface area contributed by atoms with Crippen LogP contribution in [0.5, 0.6) is 5.75 Å². The van der Waals surface area contributed by atoms with Crippen molar-refractivity contribution in [2.24, 2.45) is 0 Å². The van der Waals surface area contributed by atoms with E-state index in [4.69, 9.17) is 15.3 Å². The van der Waals surface area contributed by atoms with Crippen LogP contribution in [-0.2, 0) is 0 Å². The lowest BCUT2D eigenvalue weighted by molar-refractivity contribution is 0.340. The first kappa shape index (κ1) is 16.9. The van der Waals surface area contributed by atoms with E-state index in [2.05, 4.69) is 16.0 Å². The minimum Gasteiger partial charge on any atom is -0.494 e. The van der Waals surface area contributed by atoms with Crippen molar-refractivity contribution in [3.05, 3.63) is 45.5 Å². The molecule has 0 aliphatic carbocycles. The fourth-order valence-electron chi connectivity index (χ4n) is 2.13. The summed E-state index contributed by atoms with van der Waals surface area (Å²) < 4.78 is 6.20. The highest BCUT2D eigenvalue weighted by Gasteiger charge is 2.27. The molecule has 0 unspecified atom stereocenters. The number of nitriles is 3. The van der Waals surface area contributed by atoms with Gasteiger partial charge in [-0.15, -0.1) is 0 Å². The molecular formula is C17H9N5OS2. The molecule has 0 radical (unpaired) electrons. The van der Waals surface area contributed by atoms with Crippen LogP contribution in [0.25, 0.3) is 5.57 Å². The summed E-state index contributed by atoms with van der Waals surface area (Å²) in [6.45, 7) is 2.44. The van der Waals surface area contributed by atoms with Crippen LogP contribution >= 0.6 is 23.5 Å². The first-order valence-electron chi connectivity index (χ1n) is 7.15. The van der Waals surface area contributed by atoms with Gasteiger partial charge in [-0.05, 0) is 24.6 Å². The van der Waals surface area contributed by atoms with Gasteiger partial charge in [-0.2, -0.15) is 15.8 Å². The van der Waals surface area contributed by atoms with Gasteiger partial charge < -0.3 is 4.74 Å². The molecule has 6 nitrogen and oxygen atoms in total. The van der Waals surface area contributed by atoms with Crippen LogP contribution in [0.15, 0.2) is 38.6 Å². The zero-order valence-electron chi connectivity index (χ0n) is 13.0. The summed E-state index contributed by atoms with van der Waals surface area (Å²) in [4.78, 5) is 8.36. The van der Waals surface area contributed by atoms with Gasteiger partial charge in [0.15, 0.2) is 11.4 Å².